The van der Waals surface area contributed by atoms with E-state index < -0.39 is 5.91 Å². The standard InChI is InChI=1S/C10H13NO3/c1-13-9-4-2-3-8(5-9)6-14-7-10(11)12/h2-5H,6-7H2,1H3,(H2,11,12). The molecule has 2 N–H and O–H groups in total. The maximum Gasteiger partial charge on any atom is 0.243 e. The van der Waals surface area contributed by atoms with Crippen LogP contribution < -0.4 is 10.5 Å². The first-order valence-corrected chi connectivity index (χ1v) is 4.21. The molecule has 0 unspecified atom stereocenters. The van der Waals surface area contributed by atoms with Crippen molar-refractivity contribution >= 4 is 5.91 Å². The normalized spacial score (nSPS) is 9.79. The molecule has 0 spiro atoms. The highest BCUT2D eigenvalue weighted by atomic mass is 16.5. The molecule has 0 aliphatic carbocycles. The molecule has 0 radical (unpaired) electrons. The third-order valence-corrected chi connectivity index (χ3v) is 1.65. The van der Waals surface area contributed by atoms with Gasteiger partial charge in [0.15, 0.2) is 0 Å². The third-order valence-electron chi connectivity index (χ3n) is 1.65. The van der Waals surface area contributed by atoms with Gasteiger partial charge in [0.25, 0.3) is 0 Å². The zero-order valence-electron chi connectivity index (χ0n) is 8.03. The summed E-state index contributed by atoms with van der Waals surface area (Å²) in [6, 6.07) is 7.45. The minimum Gasteiger partial charge on any atom is -0.497 e. The van der Waals surface area contributed by atoms with E-state index in [0.717, 1.165) is 11.3 Å². The Kier molecular flexibility index (Phi) is 3.94. The van der Waals surface area contributed by atoms with Gasteiger partial charge in [0.1, 0.15) is 12.4 Å². The van der Waals surface area contributed by atoms with E-state index in [2.05, 4.69) is 0 Å². The number of carbonyl (C=O) groups is 1. The number of primary amides is 1. The molecule has 76 valence electrons. The van der Waals surface area contributed by atoms with Crippen LogP contribution in [-0.4, -0.2) is 19.6 Å². The van der Waals surface area contributed by atoms with Gasteiger partial charge in [-0.3, -0.25) is 4.79 Å². The number of nitrogens with two attached hydrogens (primary N) is 1. The Morgan fingerprint density at radius 2 is 2.29 bits per heavy atom. The minimum absolute atomic E-state index is 0.0583. The Morgan fingerprint density at radius 3 is 2.93 bits per heavy atom. The second-order valence-corrected chi connectivity index (χ2v) is 2.81. The third kappa shape index (κ3) is 3.45. The van der Waals surface area contributed by atoms with Gasteiger partial charge in [-0.25, -0.2) is 0 Å². The highest BCUT2D eigenvalue weighted by Crippen LogP contribution is 2.12. The fourth-order valence-electron chi connectivity index (χ4n) is 1.03. The second-order valence-electron chi connectivity index (χ2n) is 2.81. The summed E-state index contributed by atoms with van der Waals surface area (Å²) in [6.45, 7) is 0.303. The lowest BCUT2D eigenvalue weighted by atomic mass is 10.2. The van der Waals surface area contributed by atoms with Crippen molar-refractivity contribution < 1.29 is 14.3 Å². The highest BCUT2D eigenvalue weighted by molar-refractivity contribution is 5.74. The number of methoxy groups -OCH3 is 1. The van der Waals surface area contributed by atoms with Gasteiger partial charge in [-0.15, -0.1) is 0 Å². The average molecular weight is 195 g/mol. The lowest BCUT2D eigenvalue weighted by molar-refractivity contribution is -0.122. The van der Waals surface area contributed by atoms with Crippen molar-refractivity contribution in [1.82, 2.24) is 0 Å². The molecule has 0 aliphatic heterocycles. The zero-order valence-corrected chi connectivity index (χ0v) is 8.03. The molecule has 0 aliphatic rings. The molecule has 0 atom stereocenters. The van der Waals surface area contributed by atoms with Crippen molar-refractivity contribution in [1.29, 1.82) is 0 Å². The summed E-state index contributed by atoms with van der Waals surface area (Å²) < 4.78 is 10.1. The molecule has 14 heavy (non-hydrogen) atoms. The van der Waals surface area contributed by atoms with E-state index in [4.69, 9.17) is 15.2 Å². The molecule has 0 saturated heterocycles. The quantitative estimate of drug-likeness (QED) is 0.752. The summed E-state index contributed by atoms with van der Waals surface area (Å²) in [5.41, 5.74) is 5.87. The van der Waals surface area contributed by atoms with Gasteiger partial charge in [0.05, 0.1) is 13.7 Å². The Bertz CT molecular complexity index is 312. The van der Waals surface area contributed by atoms with Crippen LogP contribution in [0.15, 0.2) is 24.3 Å². The van der Waals surface area contributed by atoms with Crippen LogP contribution in [-0.2, 0) is 16.1 Å². The van der Waals surface area contributed by atoms with Gasteiger partial charge < -0.3 is 15.2 Å². The van der Waals surface area contributed by atoms with Crippen molar-refractivity contribution in [3.05, 3.63) is 29.8 Å². The average Bonchev–Trinajstić information content (AvgIpc) is 2.18. The van der Waals surface area contributed by atoms with Crippen molar-refractivity contribution in [3.8, 4) is 5.75 Å². The van der Waals surface area contributed by atoms with E-state index in [-0.39, 0.29) is 6.61 Å². The molecule has 1 aromatic rings. The summed E-state index contributed by atoms with van der Waals surface area (Å²) in [4.78, 5) is 10.4. The van der Waals surface area contributed by atoms with Gasteiger partial charge in [-0.1, -0.05) is 12.1 Å². The highest BCUT2D eigenvalue weighted by Gasteiger charge is 1.97. The Hall–Kier alpha value is -1.55. The van der Waals surface area contributed by atoms with Crippen molar-refractivity contribution in [2.45, 2.75) is 6.61 Å². The summed E-state index contributed by atoms with van der Waals surface area (Å²) in [6.07, 6.45) is 0. The van der Waals surface area contributed by atoms with Crippen LogP contribution in [0.25, 0.3) is 0 Å². The predicted molar refractivity (Wildman–Crippen MR) is 51.8 cm³/mol. The van der Waals surface area contributed by atoms with Crippen LogP contribution >= 0.6 is 0 Å². The second kappa shape index (κ2) is 5.24. The number of amides is 1. The van der Waals surface area contributed by atoms with E-state index in [0.29, 0.717) is 6.61 Å². The summed E-state index contributed by atoms with van der Waals surface area (Å²) in [7, 11) is 1.60. The first kappa shape index (κ1) is 10.5. The van der Waals surface area contributed by atoms with Crippen molar-refractivity contribution in [2.75, 3.05) is 13.7 Å². The molecule has 1 rings (SSSR count). The van der Waals surface area contributed by atoms with Crippen molar-refractivity contribution in [3.63, 3.8) is 0 Å². The smallest absolute Gasteiger partial charge is 0.243 e. The topological polar surface area (TPSA) is 61.6 Å². The number of benzene rings is 1. The van der Waals surface area contributed by atoms with Gasteiger partial charge in [0.2, 0.25) is 5.91 Å². The van der Waals surface area contributed by atoms with Gasteiger partial charge in [-0.05, 0) is 17.7 Å². The Labute approximate surface area is 82.6 Å². The molecule has 4 heteroatoms. The van der Waals surface area contributed by atoms with E-state index in [9.17, 15) is 4.79 Å². The van der Waals surface area contributed by atoms with Gasteiger partial charge >= 0.3 is 0 Å². The van der Waals surface area contributed by atoms with Crippen LogP contribution in [0.3, 0.4) is 0 Å². The Morgan fingerprint density at radius 1 is 1.50 bits per heavy atom. The summed E-state index contributed by atoms with van der Waals surface area (Å²) >= 11 is 0. The molecule has 0 aromatic heterocycles. The lowest BCUT2D eigenvalue weighted by Gasteiger charge is -2.04. The molecular formula is C10H13NO3. The van der Waals surface area contributed by atoms with Crippen LogP contribution in [0.1, 0.15) is 5.56 Å². The fraction of sp³-hybridized carbons (Fsp3) is 0.300. The van der Waals surface area contributed by atoms with E-state index in [1.165, 1.54) is 0 Å². The number of hydrogen-bond donors (Lipinski definition) is 1. The maximum absolute atomic E-state index is 10.4. The molecular weight excluding hydrogens is 182 g/mol. The van der Waals surface area contributed by atoms with Crippen LogP contribution in [0, 0.1) is 0 Å². The molecule has 0 saturated carbocycles. The fourth-order valence-corrected chi connectivity index (χ4v) is 1.03. The van der Waals surface area contributed by atoms with E-state index in [1.54, 1.807) is 7.11 Å². The first-order valence-electron chi connectivity index (χ1n) is 4.21. The van der Waals surface area contributed by atoms with E-state index >= 15 is 0 Å². The zero-order chi connectivity index (χ0) is 10.4. The number of carbonyl (C=O) groups excluding carboxylic acids is 1. The van der Waals surface area contributed by atoms with Gasteiger partial charge in [-0.2, -0.15) is 0 Å². The molecule has 1 amide bonds. The number of ether oxygens (including phenoxy) is 2. The Balaban J connectivity index is 2.46. The number of hydrogen-bond acceptors (Lipinski definition) is 3. The van der Waals surface area contributed by atoms with E-state index in [1.807, 2.05) is 24.3 Å². The molecule has 4 nitrogen and oxygen atoms in total. The lowest BCUT2D eigenvalue weighted by Crippen LogP contribution is -2.17. The number of rotatable bonds is 5. The largest absolute Gasteiger partial charge is 0.497 e. The van der Waals surface area contributed by atoms with Crippen LogP contribution in [0.5, 0.6) is 5.75 Å². The van der Waals surface area contributed by atoms with Gasteiger partial charge in [0, 0.05) is 0 Å². The summed E-state index contributed by atoms with van der Waals surface area (Å²) in [5.74, 6) is 0.304. The molecule has 1 aromatic carbocycles. The first-order chi connectivity index (χ1) is 6.72. The molecule has 0 fully saturated rings. The summed E-state index contributed by atoms with van der Waals surface area (Å²) in [5, 5.41) is 0. The monoisotopic (exact) mass is 195 g/mol. The SMILES string of the molecule is COc1cccc(COCC(N)=O)c1. The molecule has 0 bridgehead atoms. The van der Waals surface area contributed by atoms with Crippen LogP contribution in [0.4, 0.5) is 0 Å². The minimum atomic E-state index is -0.465. The predicted octanol–water partition coefficient (Wildman–Crippen LogP) is 0.697. The van der Waals surface area contributed by atoms with Crippen LogP contribution in [0.2, 0.25) is 0 Å². The molecule has 0 heterocycles. The van der Waals surface area contributed by atoms with Crippen molar-refractivity contribution in [2.24, 2.45) is 5.73 Å². The maximum atomic E-state index is 10.4.